The van der Waals surface area contributed by atoms with Gasteiger partial charge in [-0.2, -0.15) is 0 Å². The molecule has 0 spiro atoms. The number of anilines is 1. The molecule has 0 aliphatic carbocycles. The minimum atomic E-state index is 0.486. The summed E-state index contributed by atoms with van der Waals surface area (Å²) in [5.74, 6) is 0.486. The number of nitrogen functional groups attached to an aromatic ring is 1. The van der Waals surface area contributed by atoms with Gasteiger partial charge < -0.3 is 10.5 Å². The van der Waals surface area contributed by atoms with Crippen LogP contribution in [0.1, 0.15) is 5.56 Å². The van der Waals surface area contributed by atoms with Crippen molar-refractivity contribution in [3.05, 3.63) is 54.5 Å². The Labute approximate surface area is 110 Å². The summed E-state index contributed by atoms with van der Waals surface area (Å²) >= 11 is 0. The third kappa shape index (κ3) is 2.35. The van der Waals surface area contributed by atoms with Crippen molar-refractivity contribution in [3.8, 4) is 5.88 Å². The number of nitrogens with zero attached hydrogens (tertiary/aromatic N) is 3. The molecule has 0 saturated heterocycles. The van der Waals surface area contributed by atoms with E-state index in [1.54, 1.807) is 16.9 Å². The molecule has 0 aliphatic heterocycles. The Morgan fingerprint density at radius 2 is 2.00 bits per heavy atom. The fraction of sp³-hybridized carbons (Fsp3) is 0.143. The maximum atomic E-state index is 6.00. The van der Waals surface area contributed by atoms with Crippen LogP contribution in [-0.2, 0) is 6.42 Å². The molecule has 0 bridgehead atoms. The predicted octanol–water partition coefficient (Wildman–Crippen LogP) is 1.93. The Kier molecular flexibility index (Phi) is 3.02. The molecule has 0 aliphatic rings. The zero-order chi connectivity index (χ0) is 13.1. The molecule has 0 atom stereocenters. The van der Waals surface area contributed by atoms with Gasteiger partial charge in [-0.15, -0.1) is 5.10 Å². The van der Waals surface area contributed by atoms with Crippen LogP contribution >= 0.6 is 0 Å². The SMILES string of the molecule is Nc1c(OCCc2ccncc2)nn2ccccc12. The van der Waals surface area contributed by atoms with Crippen LogP contribution in [0.25, 0.3) is 5.52 Å². The molecule has 0 unspecified atom stereocenters. The van der Waals surface area contributed by atoms with Crippen molar-refractivity contribution in [2.45, 2.75) is 6.42 Å². The van der Waals surface area contributed by atoms with E-state index in [2.05, 4.69) is 10.1 Å². The lowest BCUT2D eigenvalue weighted by Gasteiger charge is -2.03. The highest BCUT2D eigenvalue weighted by Crippen LogP contribution is 2.24. The Morgan fingerprint density at radius 3 is 2.79 bits per heavy atom. The van der Waals surface area contributed by atoms with E-state index in [9.17, 15) is 0 Å². The van der Waals surface area contributed by atoms with Gasteiger partial charge in [0.15, 0.2) is 0 Å². The molecule has 0 aromatic carbocycles. The molecule has 3 rings (SSSR count). The first-order valence-corrected chi connectivity index (χ1v) is 6.09. The van der Waals surface area contributed by atoms with Crippen molar-refractivity contribution in [1.82, 2.24) is 14.6 Å². The Bertz CT molecular complexity index is 678. The van der Waals surface area contributed by atoms with Crippen LogP contribution < -0.4 is 10.5 Å². The van der Waals surface area contributed by atoms with Crippen LogP contribution in [0.5, 0.6) is 5.88 Å². The number of nitrogens with two attached hydrogens (primary N) is 1. The molecule has 0 saturated carbocycles. The van der Waals surface area contributed by atoms with Crippen molar-refractivity contribution in [2.24, 2.45) is 0 Å². The Morgan fingerprint density at radius 1 is 1.16 bits per heavy atom. The molecule has 5 heteroatoms. The summed E-state index contributed by atoms with van der Waals surface area (Å²) < 4.78 is 7.37. The highest BCUT2D eigenvalue weighted by atomic mass is 16.5. The first-order chi connectivity index (χ1) is 9.34. The number of pyridine rings is 2. The average molecular weight is 254 g/mol. The number of hydrogen-bond acceptors (Lipinski definition) is 4. The van der Waals surface area contributed by atoms with Crippen molar-refractivity contribution in [2.75, 3.05) is 12.3 Å². The predicted molar refractivity (Wildman–Crippen MR) is 73.0 cm³/mol. The largest absolute Gasteiger partial charge is 0.475 e. The van der Waals surface area contributed by atoms with Crippen LogP contribution in [0.2, 0.25) is 0 Å². The van der Waals surface area contributed by atoms with E-state index in [1.165, 1.54) is 5.56 Å². The van der Waals surface area contributed by atoms with Gasteiger partial charge in [-0.05, 0) is 29.8 Å². The van der Waals surface area contributed by atoms with Crippen molar-refractivity contribution in [1.29, 1.82) is 0 Å². The molecular weight excluding hydrogens is 240 g/mol. The fourth-order valence-corrected chi connectivity index (χ4v) is 1.92. The van der Waals surface area contributed by atoms with Gasteiger partial charge in [0.1, 0.15) is 5.69 Å². The number of fused-ring (bicyclic) bond motifs is 1. The third-order valence-electron chi connectivity index (χ3n) is 2.92. The zero-order valence-electron chi connectivity index (χ0n) is 10.4. The molecule has 2 N–H and O–H groups in total. The van der Waals surface area contributed by atoms with E-state index in [0.29, 0.717) is 18.2 Å². The second-order valence-corrected chi connectivity index (χ2v) is 4.20. The zero-order valence-corrected chi connectivity index (χ0v) is 10.4. The number of ether oxygens (including phenoxy) is 1. The number of rotatable bonds is 4. The van der Waals surface area contributed by atoms with Gasteiger partial charge in [0.2, 0.25) is 0 Å². The topological polar surface area (TPSA) is 65.4 Å². The van der Waals surface area contributed by atoms with Crippen molar-refractivity contribution < 1.29 is 4.74 Å². The second kappa shape index (κ2) is 4.97. The summed E-state index contributed by atoms with van der Waals surface area (Å²) in [6, 6.07) is 9.68. The molecule has 96 valence electrons. The quantitative estimate of drug-likeness (QED) is 0.772. The van der Waals surface area contributed by atoms with Gasteiger partial charge in [-0.25, -0.2) is 4.52 Å². The molecule has 0 fully saturated rings. The van der Waals surface area contributed by atoms with Gasteiger partial charge >= 0.3 is 0 Å². The number of aromatic nitrogens is 3. The Hall–Kier alpha value is -2.56. The van der Waals surface area contributed by atoms with Gasteiger partial charge in [0.25, 0.3) is 5.88 Å². The molecule has 3 aromatic rings. The summed E-state index contributed by atoms with van der Waals surface area (Å²) in [6.07, 6.45) is 6.19. The monoisotopic (exact) mass is 254 g/mol. The summed E-state index contributed by atoms with van der Waals surface area (Å²) in [5, 5.41) is 4.30. The first kappa shape index (κ1) is 11.5. The summed E-state index contributed by atoms with van der Waals surface area (Å²) in [5.41, 5.74) is 8.62. The average Bonchev–Trinajstić information content (AvgIpc) is 2.78. The van der Waals surface area contributed by atoms with Crippen LogP contribution in [-0.4, -0.2) is 21.2 Å². The summed E-state index contributed by atoms with van der Waals surface area (Å²) in [4.78, 5) is 3.98. The lowest BCUT2D eigenvalue weighted by atomic mass is 10.2. The lowest BCUT2D eigenvalue weighted by Crippen LogP contribution is -2.03. The van der Waals surface area contributed by atoms with Crippen LogP contribution in [0.15, 0.2) is 48.9 Å². The van der Waals surface area contributed by atoms with Crippen molar-refractivity contribution in [3.63, 3.8) is 0 Å². The minimum absolute atomic E-state index is 0.486. The van der Waals surface area contributed by atoms with E-state index in [-0.39, 0.29) is 0 Å². The standard InChI is InChI=1S/C14H14N4O/c15-13-12-3-1-2-9-18(12)17-14(13)19-10-6-11-4-7-16-8-5-11/h1-5,7-9H,6,10,15H2. The van der Waals surface area contributed by atoms with Crippen LogP contribution in [0.4, 0.5) is 5.69 Å². The van der Waals surface area contributed by atoms with E-state index in [1.807, 2.05) is 36.5 Å². The summed E-state index contributed by atoms with van der Waals surface area (Å²) in [6.45, 7) is 0.540. The van der Waals surface area contributed by atoms with Gasteiger partial charge in [-0.3, -0.25) is 4.98 Å². The van der Waals surface area contributed by atoms with Gasteiger partial charge in [-0.1, -0.05) is 6.07 Å². The molecule has 3 heterocycles. The summed E-state index contributed by atoms with van der Waals surface area (Å²) in [7, 11) is 0. The fourth-order valence-electron chi connectivity index (χ4n) is 1.92. The van der Waals surface area contributed by atoms with Gasteiger partial charge in [0.05, 0.1) is 12.1 Å². The highest BCUT2D eigenvalue weighted by molar-refractivity contribution is 5.74. The third-order valence-corrected chi connectivity index (χ3v) is 2.92. The second-order valence-electron chi connectivity index (χ2n) is 4.20. The smallest absolute Gasteiger partial charge is 0.257 e. The molecule has 19 heavy (non-hydrogen) atoms. The maximum Gasteiger partial charge on any atom is 0.257 e. The molecule has 5 nitrogen and oxygen atoms in total. The molecule has 3 aromatic heterocycles. The first-order valence-electron chi connectivity index (χ1n) is 6.09. The Balaban J connectivity index is 1.70. The van der Waals surface area contributed by atoms with E-state index in [0.717, 1.165) is 11.9 Å². The van der Waals surface area contributed by atoms with Crippen molar-refractivity contribution >= 4 is 11.2 Å². The molecule has 0 radical (unpaired) electrons. The van der Waals surface area contributed by atoms with Crippen LogP contribution in [0.3, 0.4) is 0 Å². The lowest BCUT2D eigenvalue weighted by molar-refractivity contribution is 0.309. The maximum absolute atomic E-state index is 6.00. The number of hydrogen-bond donors (Lipinski definition) is 1. The van der Waals surface area contributed by atoms with E-state index in [4.69, 9.17) is 10.5 Å². The van der Waals surface area contributed by atoms with Gasteiger partial charge in [0, 0.05) is 25.0 Å². The minimum Gasteiger partial charge on any atom is -0.475 e. The highest BCUT2D eigenvalue weighted by Gasteiger charge is 2.09. The normalized spacial score (nSPS) is 10.7. The molecular formula is C14H14N4O. The van der Waals surface area contributed by atoms with Crippen LogP contribution in [0, 0.1) is 0 Å². The molecule has 0 amide bonds. The van der Waals surface area contributed by atoms with E-state index >= 15 is 0 Å². The van der Waals surface area contributed by atoms with E-state index < -0.39 is 0 Å².